The summed E-state index contributed by atoms with van der Waals surface area (Å²) < 4.78 is 0. The first-order valence-corrected chi connectivity index (χ1v) is 3.34. The van der Waals surface area contributed by atoms with E-state index >= 15 is 0 Å². The Kier molecular flexibility index (Phi) is 239. The molecule has 0 saturated carbocycles. The molecule has 72 valence electrons. The van der Waals surface area contributed by atoms with Gasteiger partial charge in [0.1, 0.15) is 0 Å². The molecule has 0 fully saturated rings. The molecule has 4 nitrogen and oxygen atoms in total. The Bertz CT molecular complexity index is 163. The van der Waals surface area contributed by atoms with E-state index in [0.29, 0.717) is 0 Å². The van der Waals surface area contributed by atoms with Crippen molar-refractivity contribution in [3.05, 3.63) is 0 Å². The Morgan fingerprint density at radius 1 is 0.571 bits per heavy atom. The van der Waals surface area contributed by atoms with Gasteiger partial charge in [-0.3, -0.25) is 0 Å². The minimum atomic E-state index is 0. The van der Waals surface area contributed by atoms with Crippen molar-refractivity contribution < 1.29 is 71.8 Å². The summed E-state index contributed by atoms with van der Waals surface area (Å²) in [7, 11) is 0. The van der Waals surface area contributed by atoms with E-state index in [9.17, 15) is 0 Å². The Balaban J connectivity index is -0.0000000145. The number of rotatable bonds is 0. The van der Waals surface area contributed by atoms with Crippen LogP contribution in [0.4, 0.5) is 0 Å². The van der Waals surface area contributed by atoms with E-state index < -0.39 is 0 Å². The van der Waals surface area contributed by atoms with E-state index in [0.717, 1.165) is 0 Å². The van der Waals surface area contributed by atoms with Crippen LogP contribution in [0.3, 0.4) is 0 Å². The van der Waals surface area contributed by atoms with Gasteiger partial charge in [-0.1, -0.05) is 21.6 Å². The van der Waals surface area contributed by atoms with Crippen molar-refractivity contribution in [1.82, 2.24) is 0 Å². The van der Waals surface area contributed by atoms with Crippen molar-refractivity contribution in [3.63, 3.8) is 0 Å². The van der Waals surface area contributed by atoms with Crippen molar-refractivity contribution in [2.45, 2.75) is 0 Å². The van der Waals surface area contributed by atoms with Gasteiger partial charge in [0.2, 0.25) is 0 Å². The third-order valence-corrected chi connectivity index (χ3v) is 0. The molecule has 0 aromatic rings. The predicted octanol–water partition coefficient (Wildman–Crippen LogP) is -2.94. The molecule has 0 aliphatic heterocycles. The molecule has 0 aliphatic rings. The standard InChI is InChI=1S/4CHNS.K.Pd/c4*2-1-3;;/h4*3H;;/q;;;;+1;+2/p-4. The molecular weight excluding hydrogens is 378 g/mol. The van der Waals surface area contributed by atoms with Gasteiger partial charge in [0.15, 0.2) is 0 Å². The molecule has 0 aliphatic carbocycles. The molecule has 0 heterocycles. The van der Waals surface area contributed by atoms with Gasteiger partial charge in [0, 0.05) is 0 Å². The molecule has 0 bridgehead atoms. The Labute approximate surface area is 162 Å². The van der Waals surface area contributed by atoms with E-state index in [1.807, 2.05) is 0 Å². The number of nitrogens with zero attached hydrogens (tertiary/aromatic N) is 4. The molecule has 0 atom stereocenters. The molecule has 0 unspecified atom stereocenters. The van der Waals surface area contributed by atoms with Crippen LogP contribution in [-0.2, 0) is 70.9 Å². The summed E-state index contributed by atoms with van der Waals surface area (Å²) in [6.45, 7) is 0. The van der Waals surface area contributed by atoms with Crippen LogP contribution < -0.4 is 51.4 Å². The fourth-order valence-electron chi connectivity index (χ4n) is 0. The third-order valence-electron chi connectivity index (χ3n) is 0. The fraction of sp³-hybridized carbons (Fsp3) is 0. The zero-order valence-electron chi connectivity index (χ0n) is 6.74. The van der Waals surface area contributed by atoms with Crippen LogP contribution in [0.5, 0.6) is 0 Å². The van der Waals surface area contributed by atoms with Crippen LogP contribution in [0.2, 0.25) is 0 Å². The largest absolute Gasteiger partial charge is 2.00 e. The molecule has 0 saturated heterocycles. The second-order valence-corrected chi connectivity index (χ2v) is 1.10. The van der Waals surface area contributed by atoms with E-state index in [1.165, 1.54) is 21.6 Å². The number of hydrogen-bond donors (Lipinski definition) is 0. The van der Waals surface area contributed by atoms with Crippen molar-refractivity contribution in [1.29, 1.82) is 21.0 Å². The van der Waals surface area contributed by atoms with Gasteiger partial charge in [-0.15, -0.1) is 0 Å². The first-order valence-electron chi connectivity index (χ1n) is 1.71. The van der Waals surface area contributed by atoms with E-state index in [2.05, 4.69) is 50.5 Å². The monoisotopic (exact) mass is 377 g/mol. The minimum absolute atomic E-state index is 0. The topological polar surface area (TPSA) is 95.2 Å². The molecule has 0 aromatic heterocycles. The average Bonchev–Trinajstić information content (AvgIpc) is 1.92. The SMILES string of the molecule is N#C[S-].N#C[S-].N#C[S-].N#C[S-].[K+].[Pd+2]. The van der Waals surface area contributed by atoms with Crippen LogP contribution in [0.1, 0.15) is 0 Å². The molecule has 10 heteroatoms. The summed E-state index contributed by atoms with van der Waals surface area (Å²) in [5.74, 6) is 0. The van der Waals surface area contributed by atoms with Crippen LogP contribution >= 0.6 is 0 Å². The molecule has 0 radical (unpaired) electrons. The summed E-state index contributed by atoms with van der Waals surface area (Å²) >= 11 is 14.8. The molecular formula is C4KN4PdS4-. The second-order valence-electron chi connectivity index (χ2n) is 0.365. The van der Waals surface area contributed by atoms with Crippen molar-refractivity contribution >= 4 is 50.5 Å². The maximum atomic E-state index is 7.13. The van der Waals surface area contributed by atoms with E-state index in [1.54, 1.807) is 0 Å². The maximum Gasteiger partial charge on any atom is 2.00 e. The Morgan fingerprint density at radius 3 is 0.571 bits per heavy atom. The van der Waals surface area contributed by atoms with Gasteiger partial charge in [-0.2, -0.15) is 0 Å². The quantitative estimate of drug-likeness (QED) is 0.251. The minimum Gasteiger partial charge on any atom is -0.696 e. The third kappa shape index (κ3) is 1490. The smallest absolute Gasteiger partial charge is 0.696 e. The van der Waals surface area contributed by atoms with Gasteiger partial charge in [-0.05, 0) is 0 Å². The van der Waals surface area contributed by atoms with Crippen LogP contribution in [0.15, 0.2) is 0 Å². The zero-order valence-corrected chi connectivity index (χ0v) is 14.7. The number of nitriles is 4. The molecule has 0 aromatic carbocycles. The van der Waals surface area contributed by atoms with Crippen LogP contribution in [0.25, 0.3) is 0 Å². The summed E-state index contributed by atoms with van der Waals surface area (Å²) in [5, 5.41) is 33.9. The van der Waals surface area contributed by atoms with Gasteiger partial charge in [0.25, 0.3) is 0 Å². The van der Waals surface area contributed by atoms with Crippen molar-refractivity contribution in [2.24, 2.45) is 0 Å². The summed E-state index contributed by atoms with van der Waals surface area (Å²) in [4.78, 5) is 0. The number of thiocyanates is 4. The first-order chi connectivity index (χ1) is 5.66. The molecule has 14 heavy (non-hydrogen) atoms. The Hall–Kier alpha value is 1.14. The average molecular weight is 378 g/mol. The fourth-order valence-corrected chi connectivity index (χ4v) is 0. The van der Waals surface area contributed by atoms with Crippen molar-refractivity contribution in [3.8, 4) is 21.6 Å². The van der Waals surface area contributed by atoms with Gasteiger partial charge in [0.05, 0.1) is 0 Å². The zero-order chi connectivity index (χ0) is 10.8. The first kappa shape index (κ1) is 36.2. The van der Waals surface area contributed by atoms with Crippen LogP contribution in [0, 0.1) is 42.7 Å². The molecule has 0 N–H and O–H groups in total. The molecule has 0 amide bonds. The second kappa shape index (κ2) is 92.4. The normalized spacial score (nSPS) is 2.00. The number of hydrogen-bond acceptors (Lipinski definition) is 8. The van der Waals surface area contributed by atoms with E-state index in [4.69, 9.17) is 21.0 Å². The van der Waals surface area contributed by atoms with Gasteiger partial charge in [-0.25, -0.2) is 21.0 Å². The Morgan fingerprint density at radius 2 is 0.571 bits per heavy atom. The summed E-state index contributed by atoms with van der Waals surface area (Å²) in [6, 6.07) is 0. The van der Waals surface area contributed by atoms with Crippen LogP contribution in [-0.4, -0.2) is 0 Å². The molecule has 0 spiro atoms. The van der Waals surface area contributed by atoms with Gasteiger partial charge < -0.3 is 50.5 Å². The van der Waals surface area contributed by atoms with E-state index in [-0.39, 0.29) is 71.8 Å². The van der Waals surface area contributed by atoms with Gasteiger partial charge >= 0.3 is 71.8 Å². The summed E-state index contributed by atoms with van der Waals surface area (Å²) in [5.41, 5.74) is 0. The van der Waals surface area contributed by atoms with Crippen molar-refractivity contribution in [2.75, 3.05) is 0 Å². The molecule has 0 rings (SSSR count). The predicted molar refractivity (Wildman–Crippen MR) is 51.9 cm³/mol. The maximum absolute atomic E-state index is 7.13. The summed E-state index contributed by atoms with van der Waals surface area (Å²) in [6.07, 6.45) is 0.